The zero-order valence-electron chi connectivity index (χ0n) is 9.52. The highest BCUT2D eigenvalue weighted by molar-refractivity contribution is 6.29. The molecule has 9 heteroatoms. The highest BCUT2D eigenvalue weighted by atomic mass is 35.5. The molecule has 0 radical (unpaired) electrons. The summed E-state index contributed by atoms with van der Waals surface area (Å²) in [5, 5.41) is 12.6. The minimum atomic E-state index is -1.28. The standard InChI is InChI=1S/C11H5ClF2N2O4/c12-9-2-1-8(20-9)11(17)15-10-6(14)3-5(13)4-7(10)16(18)19/h1-4H,(H,15,17). The van der Waals surface area contributed by atoms with Crippen molar-refractivity contribution in [2.45, 2.75) is 0 Å². The van der Waals surface area contributed by atoms with Crippen LogP contribution in [0.25, 0.3) is 0 Å². The minimum Gasteiger partial charge on any atom is -0.440 e. The fraction of sp³-hybridized carbons (Fsp3) is 0. The molecular weight excluding hydrogens is 298 g/mol. The molecule has 1 aromatic heterocycles. The summed E-state index contributed by atoms with van der Waals surface area (Å²) in [4.78, 5) is 21.4. The normalized spacial score (nSPS) is 10.3. The molecule has 0 saturated heterocycles. The van der Waals surface area contributed by atoms with E-state index in [0.717, 1.165) is 0 Å². The lowest BCUT2D eigenvalue weighted by molar-refractivity contribution is -0.384. The summed E-state index contributed by atoms with van der Waals surface area (Å²) in [6, 6.07) is 3.38. The van der Waals surface area contributed by atoms with Gasteiger partial charge in [-0.3, -0.25) is 14.9 Å². The van der Waals surface area contributed by atoms with Crippen LogP contribution in [0.4, 0.5) is 20.2 Å². The van der Waals surface area contributed by atoms with Gasteiger partial charge in [-0.25, -0.2) is 8.78 Å². The smallest absolute Gasteiger partial charge is 0.298 e. The third kappa shape index (κ3) is 2.75. The van der Waals surface area contributed by atoms with E-state index in [0.29, 0.717) is 12.1 Å². The Balaban J connectivity index is 2.38. The number of anilines is 1. The van der Waals surface area contributed by atoms with Gasteiger partial charge in [-0.2, -0.15) is 0 Å². The lowest BCUT2D eigenvalue weighted by Gasteiger charge is -2.05. The molecule has 0 aliphatic rings. The van der Waals surface area contributed by atoms with E-state index in [1.807, 2.05) is 5.32 Å². The van der Waals surface area contributed by atoms with E-state index in [4.69, 9.17) is 16.0 Å². The highest BCUT2D eigenvalue weighted by Crippen LogP contribution is 2.29. The Bertz CT molecular complexity index is 702. The van der Waals surface area contributed by atoms with E-state index in [-0.39, 0.29) is 11.0 Å². The van der Waals surface area contributed by atoms with Gasteiger partial charge < -0.3 is 9.73 Å². The van der Waals surface area contributed by atoms with Crippen LogP contribution in [0.3, 0.4) is 0 Å². The predicted octanol–water partition coefficient (Wildman–Crippen LogP) is 3.37. The molecule has 20 heavy (non-hydrogen) atoms. The van der Waals surface area contributed by atoms with Crippen molar-refractivity contribution >= 4 is 28.9 Å². The number of nitro benzene ring substituents is 1. The molecule has 1 amide bonds. The maximum atomic E-state index is 13.5. The first-order valence-electron chi connectivity index (χ1n) is 5.08. The second kappa shape index (κ2) is 5.25. The van der Waals surface area contributed by atoms with E-state index >= 15 is 0 Å². The summed E-state index contributed by atoms with van der Waals surface area (Å²) < 4.78 is 31.2. The lowest BCUT2D eigenvalue weighted by atomic mass is 10.2. The quantitative estimate of drug-likeness (QED) is 0.695. The molecule has 2 aromatic rings. The summed E-state index contributed by atoms with van der Waals surface area (Å²) in [5.41, 5.74) is -1.66. The van der Waals surface area contributed by atoms with Gasteiger partial charge >= 0.3 is 0 Å². The topological polar surface area (TPSA) is 85.4 Å². The number of hydrogen-bond donors (Lipinski definition) is 1. The first-order valence-corrected chi connectivity index (χ1v) is 5.46. The average Bonchev–Trinajstić information content (AvgIpc) is 2.78. The summed E-state index contributed by atoms with van der Waals surface area (Å²) in [6.07, 6.45) is 0. The van der Waals surface area contributed by atoms with Gasteiger partial charge in [0.05, 0.1) is 11.0 Å². The van der Waals surface area contributed by atoms with Crippen molar-refractivity contribution in [3.05, 3.63) is 57.0 Å². The van der Waals surface area contributed by atoms with Crippen LogP contribution in [0.2, 0.25) is 5.22 Å². The van der Waals surface area contributed by atoms with Crippen LogP contribution in [0, 0.1) is 21.7 Å². The molecule has 6 nitrogen and oxygen atoms in total. The Morgan fingerprint density at radius 3 is 2.60 bits per heavy atom. The fourth-order valence-electron chi connectivity index (χ4n) is 1.44. The van der Waals surface area contributed by atoms with Gasteiger partial charge in [0.2, 0.25) is 0 Å². The number of carbonyl (C=O) groups excluding carboxylic acids is 1. The summed E-state index contributed by atoms with van der Waals surface area (Å²) in [7, 11) is 0. The third-order valence-electron chi connectivity index (χ3n) is 2.27. The van der Waals surface area contributed by atoms with Gasteiger partial charge in [0.25, 0.3) is 11.6 Å². The number of benzene rings is 1. The van der Waals surface area contributed by atoms with Gasteiger partial charge in [-0.05, 0) is 23.7 Å². The van der Waals surface area contributed by atoms with E-state index in [9.17, 15) is 23.7 Å². The SMILES string of the molecule is O=C(Nc1c(F)cc(F)cc1[N+](=O)[O-])c1ccc(Cl)o1. The highest BCUT2D eigenvalue weighted by Gasteiger charge is 2.23. The number of carbonyl (C=O) groups is 1. The molecule has 0 unspecified atom stereocenters. The first-order chi connectivity index (χ1) is 9.38. The zero-order valence-corrected chi connectivity index (χ0v) is 10.3. The molecule has 104 valence electrons. The van der Waals surface area contributed by atoms with Crippen LogP contribution in [0.1, 0.15) is 10.6 Å². The van der Waals surface area contributed by atoms with E-state index < -0.39 is 33.8 Å². The van der Waals surface area contributed by atoms with Crippen molar-refractivity contribution in [1.29, 1.82) is 0 Å². The van der Waals surface area contributed by atoms with Gasteiger partial charge in [0.1, 0.15) is 5.82 Å². The number of rotatable bonds is 3. The molecule has 0 spiro atoms. The van der Waals surface area contributed by atoms with Crippen molar-refractivity contribution < 1.29 is 22.9 Å². The van der Waals surface area contributed by atoms with E-state index in [1.54, 1.807) is 0 Å². The molecule has 1 aromatic carbocycles. The predicted molar refractivity (Wildman–Crippen MR) is 64.7 cm³/mol. The second-order valence-corrected chi connectivity index (χ2v) is 3.97. The summed E-state index contributed by atoms with van der Waals surface area (Å²) in [6.45, 7) is 0. The lowest BCUT2D eigenvalue weighted by Crippen LogP contribution is -2.14. The molecule has 0 bridgehead atoms. The number of halogens is 3. The minimum absolute atomic E-state index is 0.0794. The molecule has 0 fully saturated rings. The summed E-state index contributed by atoms with van der Waals surface area (Å²) >= 11 is 5.46. The van der Waals surface area contributed by atoms with Crippen molar-refractivity contribution in [1.82, 2.24) is 0 Å². The Hall–Kier alpha value is -2.48. The average molecular weight is 303 g/mol. The Morgan fingerprint density at radius 1 is 1.35 bits per heavy atom. The molecule has 1 N–H and O–H groups in total. The molecule has 2 rings (SSSR count). The number of nitrogens with zero attached hydrogens (tertiary/aromatic N) is 1. The monoisotopic (exact) mass is 302 g/mol. The Kier molecular flexibility index (Phi) is 3.66. The van der Waals surface area contributed by atoms with Crippen LogP contribution >= 0.6 is 11.6 Å². The molecular formula is C11H5ClF2N2O4. The van der Waals surface area contributed by atoms with Crippen molar-refractivity contribution in [2.24, 2.45) is 0 Å². The Labute approximate surface area is 115 Å². The molecule has 0 aliphatic carbocycles. The second-order valence-electron chi connectivity index (χ2n) is 3.60. The number of nitro groups is 1. The van der Waals surface area contributed by atoms with Crippen LogP contribution in [-0.4, -0.2) is 10.8 Å². The number of nitrogens with one attached hydrogen (secondary N) is 1. The van der Waals surface area contributed by atoms with Gasteiger partial charge in [-0.1, -0.05) is 0 Å². The maximum Gasteiger partial charge on any atom is 0.298 e. The molecule has 0 atom stereocenters. The van der Waals surface area contributed by atoms with Crippen molar-refractivity contribution in [3.8, 4) is 0 Å². The van der Waals surface area contributed by atoms with Gasteiger partial charge in [0, 0.05) is 6.07 Å². The van der Waals surface area contributed by atoms with Gasteiger partial charge in [0.15, 0.2) is 22.5 Å². The molecule has 0 saturated carbocycles. The van der Waals surface area contributed by atoms with Crippen LogP contribution in [-0.2, 0) is 0 Å². The number of furan rings is 1. The molecule has 0 aliphatic heterocycles. The largest absolute Gasteiger partial charge is 0.440 e. The zero-order chi connectivity index (χ0) is 14.9. The van der Waals surface area contributed by atoms with Crippen molar-refractivity contribution in [2.75, 3.05) is 5.32 Å². The fourth-order valence-corrected chi connectivity index (χ4v) is 1.59. The van der Waals surface area contributed by atoms with Crippen LogP contribution in [0.15, 0.2) is 28.7 Å². The Morgan fingerprint density at radius 2 is 2.05 bits per heavy atom. The van der Waals surface area contributed by atoms with Gasteiger partial charge in [-0.15, -0.1) is 0 Å². The molecule has 1 heterocycles. The first kappa shape index (κ1) is 13.9. The number of amides is 1. The number of hydrogen-bond acceptors (Lipinski definition) is 4. The van der Waals surface area contributed by atoms with Crippen LogP contribution < -0.4 is 5.32 Å². The third-order valence-corrected chi connectivity index (χ3v) is 2.47. The summed E-state index contributed by atoms with van der Waals surface area (Å²) in [5.74, 6) is -3.63. The van der Waals surface area contributed by atoms with Crippen molar-refractivity contribution in [3.63, 3.8) is 0 Å². The van der Waals surface area contributed by atoms with E-state index in [2.05, 4.69) is 0 Å². The van der Waals surface area contributed by atoms with E-state index in [1.165, 1.54) is 12.1 Å². The van der Waals surface area contributed by atoms with Crippen LogP contribution in [0.5, 0.6) is 0 Å². The maximum absolute atomic E-state index is 13.5.